The van der Waals surface area contributed by atoms with Crippen LogP contribution in [0.5, 0.6) is 0 Å². The zero-order valence-corrected chi connectivity index (χ0v) is 12.0. The second-order valence-corrected chi connectivity index (χ2v) is 4.97. The lowest BCUT2D eigenvalue weighted by molar-refractivity contribution is 0.0697. The van der Waals surface area contributed by atoms with Crippen LogP contribution in [0.4, 0.5) is 5.69 Å². The summed E-state index contributed by atoms with van der Waals surface area (Å²) in [5.74, 6) is -0.958. The van der Waals surface area contributed by atoms with Crippen molar-refractivity contribution in [2.24, 2.45) is 5.10 Å². The van der Waals surface area contributed by atoms with Gasteiger partial charge in [0.25, 0.3) is 0 Å². The van der Waals surface area contributed by atoms with Crippen LogP contribution in [0.15, 0.2) is 53.6 Å². The van der Waals surface area contributed by atoms with Crippen molar-refractivity contribution >= 4 is 28.8 Å². The molecule has 5 nitrogen and oxygen atoms in total. The summed E-state index contributed by atoms with van der Waals surface area (Å²) in [5.41, 5.74) is 6.83. The van der Waals surface area contributed by atoms with Gasteiger partial charge in [-0.3, -0.25) is 5.43 Å². The van der Waals surface area contributed by atoms with Crippen LogP contribution in [0.3, 0.4) is 0 Å². The largest absolute Gasteiger partial charge is 0.478 e. The molecule has 0 atom stereocenters. The first-order valence-corrected chi connectivity index (χ1v) is 6.85. The molecule has 3 rings (SSSR count). The fraction of sp³-hybridized carbons (Fsp3) is 0.0588. The number of fused-ring (bicyclic) bond motifs is 1. The summed E-state index contributed by atoms with van der Waals surface area (Å²) in [6.07, 6.45) is 1.74. The molecule has 1 heterocycles. The predicted octanol–water partition coefficient (Wildman–Crippen LogP) is 3.62. The minimum atomic E-state index is -0.958. The number of nitrogens with zero attached hydrogens (tertiary/aromatic N) is 1. The lowest BCUT2D eigenvalue weighted by atomic mass is 10.1. The maximum atomic E-state index is 10.9. The molecular formula is C17H15N3O2. The molecule has 3 N–H and O–H groups in total. The molecule has 0 aliphatic heterocycles. The van der Waals surface area contributed by atoms with E-state index < -0.39 is 5.97 Å². The Labute approximate surface area is 127 Å². The number of aromatic nitrogens is 1. The Morgan fingerprint density at radius 2 is 2.05 bits per heavy atom. The Kier molecular flexibility index (Phi) is 3.62. The molecule has 2 aromatic carbocycles. The number of anilines is 1. The zero-order chi connectivity index (χ0) is 15.5. The number of H-pyrrole nitrogens is 1. The number of hydrogen-bond acceptors (Lipinski definition) is 3. The van der Waals surface area contributed by atoms with Crippen molar-refractivity contribution in [3.05, 3.63) is 65.4 Å². The molecule has 0 spiro atoms. The average Bonchev–Trinajstić information content (AvgIpc) is 2.84. The van der Waals surface area contributed by atoms with Gasteiger partial charge >= 0.3 is 5.97 Å². The molecule has 22 heavy (non-hydrogen) atoms. The van der Waals surface area contributed by atoms with Gasteiger partial charge in [0.2, 0.25) is 0 Å². The second kappa shape index (κ2) is 5.73. The lowest BCUT2D eigenvalue weighted by Gasteiger charge is -2.01. The SMILES string of the molecule is Cc1[nH]c2ccccc2c1C=NNc1cccc(C(=O)O)c1. The van der Waals surface area contributed by atoms with Crippen molar-refractivity contribution in [2.75, 3.05) is 5.43 Å². The van der Waals surface area contributed by atoms with Crippen molar-refractivity contribution in [3.8, 4) is 0 Å². The summed E-state index contributed by atoms with van der Waals surface area (Å²) >= 11 is 0. The number of carboxylic acids is 1. The zero-order valence-electron chi connectivity index (χ0n) is 12.0. The van der Waals surface area contributed by atoms with E-state index in [0.29, 0.717) is 5.69 Å². The highest BCUT2D eigenvalue weighted by Gasteiger charge is 2.05. The number of para-hydroxylation sites is 1. The highest BCUT2D eigenvalue weighted by molar-refractivity contribution is 6.00. The van der Waals surface area contributed by atoms with E-state index in [4.69, 9.17) is 5.11 Å². The van der Waals surface area contributed by atoms with Crippen LogP contribution in [0.25, 0.3) is 10.9 Å². The number of hydrogen-bond donors (Lipinski definition) is 3. The Morgan fingerprint density at radius 3 is 2.86 bits per heavy atom. The molecular weight excluding hydrogens is 278 g/mol. The predicted molar refractivity (Wildman–Crippen MR) is 87.7 cm³/mol. The summed E-state index contributed by atoms with van der Waals surface area (Å²) in [7, 11) is 0. The van der Waals surface area contributed by atoms with E-state index >= 15 is 0 Å². The average molecular weight is 293 g/mol. The van der Waals surface area contributed by atoms with Gasteiger partial charge in [-0.25, -0.2) is 4.79 Å². The maximum absolute atomic E-state index is 10.9. The Bertz CT molecular complexity index is 865. The van der Waals surface area contributed by atoms with E-state index in [1.807, 2.05) is 31.2 Å². The van der Waals surface area contributed by atoms with Crippen molar-refractivity contribution in [3.63, 3.8) is 0 Å². The van der Waals surface area contributed by atoms with Gasteiger partial charge < -0.3 is 10.1 Å². The molecule has 0 amide bonds. The highest BCUT2D eigenvalue weighted by atomic mass is 16.4. The van der Waals surface area contributed by atoms with Crippen molar-refractivity contribution < 1.29 is 9.90 Å². The van der Waals surface area contributed by atoms with Crippen LogP contribution in [0.2, 0.25) is 0 Å². The van der Waals surface area contributed by atoms with Crippen LogP contribution < -0.4 is 5.43 Å². The van der Waals surface area contributed by atoms with Gasteiger partial charge in [-0.1, -0.05) is 24.3 Å². The molecule has 3 aromatic rings. The highest BCUT2D eigenvalue weighted by Crippen LogP contribution is 2.20. The number of aromatic amines is 1. The summed E-state index contributed by atoms with van der Waals surface area (Å²) in [4.78, 5) is 14.2. The number of aryl methyl sites for hydroxylation is 1. The number of carbonyl (C=O) groups is 1. The van der Waals surface area contributed by atoms with Gasteiger partial charge in [-0.15, -0.1) is 0 Å². The number of rotatable bonds is 4. The van der Waals surface area contributed by atoms with Gasteiger partial charge in [-0.05, 0) is 31.2 Å². The van der Waals surface area contributed by atoms with Crippen molar-refractivity contribution in [1.82, 2.24) is 4.98 Å². The van der Waals surface area contributed by atoms with Gasteiger partial charge in [0, 0.05) is 22.2 Å². The monoisotopic (exact) mass is 293 g/mol. The summed E-state index contributed by atoms with van der Waals surface area (Å²) in [6.45, 7) is 1.99. The van der Waals surface area contributed by atoms with Crippen LogP contribution in [-0.4, -0.2) is 22.3 Å². The molecule has 0 fully saturated rings. The van der Waals surface area contributed by atoms with Crippen molar-refractivity contribution in [2.45, 2.75) is 6.92 Å². The molecule has 5 heteroatoms. The Hall–Kier alpha value is -3.08. The van der Waals surface area contributed by atoms with E-state index in [1.165, 1.54) is 0 Å². The summed E-state index contributed by atoms with van der Waals surface area (Å²) in [6, 6.07) is 14.5. The van der Waals surface area contributed by atoms with Crippen LogP contribution in [-0.2, 0) is 0 Å². The fourth-order valence-corrected chi connectivity index (χ4v) is 2.36. The van der Waals surface area contributed by atoms with E-state index in [-0.39, 0.29) is 5.56 Å². The quantitative estimate of drug-likeness (QED) is 0.508. The third-order valence-corrected chi connectivity index (χ3v) is 3.44. The number of aromatic carboxylic acids is 1. The van der Waals surface area contributed by atoms with Crippen molar-refractivity contribution in [1.29, 1.82) is 0 Å². The summed E-state index contributed by atoms with van der Waals surface area (Å²) < 4.78 is 0. The Balaban J connectivity index is 1.83. The van der Waals surface area contributed by atoms with E-state index in [9.17, 15) is 4.79 Å². The lowest BCUT2D eigenvalue weighted by Crippen LogP contribution is -1.97. The first kappa shape index (κ1) is 13.9. The van der Waals surface area contributed by atoms with E-state index in [0.717, 1.165) is 22.2 Å². The van der Waals surface area contributed by atoms with Gasteiger partial charge in [0.05, 0.1) is 17.5 Å². The smallest absolute Gasteiger partial charge is 0.335 e. The third-order valence-electron chi connectivity index (χ3n) is 3.44. The topological polar surface area (TPSA) is 77.5 Å². The van der Waals surface area contributed by atoms with Crippen LogP contribution in [0, 0.1) is 6.92 Å². The van der Waals surface area contributed by atoms with Gasteiger partial charge in [0.15, 0.2) is 0 Å². The molecule has 0 aliphatic carbocycles. The first-order valence-electron chi connectivity index (χ1n) is 6.85. The first-order chi connectivity index (χ1) is 10.6. The van der Waals surface area contributed by atoms with E-state index in [1.54, 1.807) is 30.5 Å². The standard InChI is InChI=1S/C17H15N3O2/c1-11-15(14-7-2-3-8-16(14)19-11)10-18-20-13-6-4-5-12(9-13)17(21)22/h2-10,19-20H,1H3,(H,21,22). The molecule has 0 aliphatic rings. The van der Waals surface area contributed by atoms with E-state index in [2.05, 4.69) is 15.5 Å². The molecule has 1 aromatic heterocycles. The molecule has 0 saturated carbocycles. The normalized spacial score (nSPS) is 11.1. The minimum Gasteiger partial charge on any atom is -0.478 e. The maximum Gasteiger partial charge on any atom is 0.335 e. The molecule has 0 bridgehead atoms. The van der Waals surface area contributed by atoms with Gasteiger partial charge in [-0.2, -0.15) is 5.10 Å². The number of hydrazone groups is 1. The molecule has 0 unspecified atom stereocenters. The van der Waals surface area contributed by atoms with Gasteiger partial charge in [0.1, 0.15) is 0 Å². The van der Waals surface area contributed by atoms with Crippen LogP contribution in [0.1, 0.15) is 21.6 Å². The molecule has 110 valence electrons. The third kappa shape index (κ3) is 2.69. The summed E-state index contributed by atoms with van der Waals surface area (Å²) in [5, 5.41) is 14.3. The second-order valence-electron chi connectivity index (χ2n) is 4.97. The molecule has 0 radical (unpaired) electrons. The number of carboxylic acid groups (broad SMARTS) is 1. The number of nitrogens with one attached hydrogen (secondary N) is 2. The van der Waals surface area contributed by atoms with Crippen LogP contribution >= 0.6 is 0 Å². The minimum absolute atomic E-state index is 0.225. The number of benzene rings is 2. The fourth-order valence-electron chi connectivity index (χ4n) is 2.36. The molecule has 0 saturated heterocycles. The Morgan fingerprint density at radius 1 is 1.23 bits per heavy atom.